The van der Waals surface area contributed by atoms with Crippen LogP contribution in [-0.4, -0.2) is 38.2 Å². The SMILES string of the molecule is CCOC(=O)COc1ccc(CCNC(=O)CN)cc1. The van der Waals surface area contributed by atoms with Crippen molar-refractivity contribution in [2.75, 3.05) is 26.3 Å². The van der Waals surface area contributed by atoms with Crippen LogP contribution in [0.15, 0.2) is 24.3 Å². The first-order valence-electron chi connectivity index (χ1n) is 6.49. The van der Waals surface area contributed by atoms with Gasteiger partial charge in [-0.1, -0.05) is 12.1 Å². The quantitative estimate of drug-likeness (QED) is 0.666. The van der Waals surface area contributed by atoms with Gasteiger partial charge >= 0.3 is 5.97 Å². The average molecular weight is 280 g/mol. The summed E-state index contributed by atoms with van der Waals surface area (Å²) in [6.45, 7) is 2.53. The summed E-state index contributed by atoms with van der Waals surface area (Å²) in [5.41, 5.74) is 6.25. The molecule has 0 aromatic heterocycles. The second-order valence-electron chi connectivity index (χ2n) is 4.04. The first-order chi connectivity index (χ1) is 9.65. The van der Waals surface area contributed by atoms with Crippen molar-refractivity contribution in [3.63, 3.8) is 0 Å². The Morgan fingerprint density at radius 3 is 2.55 bits per heavy atom. The highest BCUT2D eigenvalue weighted by Gasteiger charge is 2.03. The molecule has 0 aliphatic carbocycles. The van der Waals surface area contributed by atoms with Crippen molar-refractivity contribution in [2.45, 2.75) is 13.3 Å². The highest BCUT2D eigenvalue weighted by Crippen LogP contribution is 2.12. The maximum Gasteiger partial charge on any atom is 0.344 e. The van der Waals surface area contributed by atoms with Gasteiger partial charge in [0.2, 0.25) is 5.91 Å². The van der Waals surface area contributed by atoms with Gasteiger partial charge < -0.3 is 20.5 Å². The number of nitrogens with one attached hydrogen (secondary N) is 1. The van der Waals surface area contributed by atoms with Crippen molar-refractivity contribution in [3.05, 3.63) is 29.8 Å². The van der Waals surface area contributed by atoms with Gasteiger partial charge in [-0.15, -0.1) is 0 Å². The topological polar surface area (TPSA) is 90.6 Å². The maximum atomic E-state index is 11.1. The van der Waals surface area contributed by atoms with Crippen LogP contribution in [0.4, 0.5) is 0 Å². The summed E-state index contributed by atoms with van der Waals surface area (Å²) in [5, 5.41) is 2.69. The minimum absolute atomic E-state index is 0.000632. The monoisotopic (exact) mass is 280 g/mol. The van der Waals surface area contributed by atoms with Gasteiger partial charge in [0.05, 0.1) is 13.2 Å². The molecule has 0 spiro atoms. The van der Waals surface area contributed by atoms with Gasteiger partial charge in [0.15, 0.2) is 6.61 Å². The molecule has 1 amide bonds. The Labute approximate surface area is 118 Å². The molecule has 0 radical (unpaired) electrons. The Balaban J connectivity index is 2.32. The smallest absolute Gasteiger partial charge is 0.344 e. The summed E-state index contributed by atoms with van der Waals surface area (Å²) in [6, 6.07) is 7.32. The normalized spacial score (nSPS) is 9.90. The fraction of sp³-hybridized carbons (Fsp3) is 0.429. The Hall–Kier alpha value is -2.08. The Morgan fingerprint density at radius 2 is 1.95 bits per heavy atom. The first-order valence-corrected chi connectivity index (χ1v) is 6.49. The van der Waals surface area contributed by atoms with Crippen LogP contribution in [0.5, 0.6) is 5.75 Å². The van der Waals surface area contributed by atoms with Crippen LogP contribution in [0.3, 0.4) is 0 Å². The lowest BCUT2D eigenvalue weighted by atomic mass is 10.1. The summed E-state index contributed by atoms with van der Waals surface area (Å²) in [4.78, 5) is 22.1. The molecule has 0 bridgehead atoms. The maximum absolute atomic E-state index is 11.1. The summed E-state index contributed by atoms with van der Waals surface area (Å²) in [7, 11) is 0. The zero-order chi connectivity index (χ0) is 14.8. The molecule has 0 atom stereocenters. The number of benzene rings is 1. The number of hydrogen-bond acceptors (Lipinski definition) is 5. The van der Waals surface area contributed by atoms with Crippen molar-refractivity contribution < 1.29 is 19.1 Å². The van der Waals surface area contributed by atoms with Gasteiger partial charge in [0, 0.05) is 6.54 Å². The van der Waals surface area contributed by atoms with Gasteiger partial charge in [-0.2, -0.15) is 0 Å². The molecule has 0 unspecified atom stereocenters. The molecular weight excluding hydrogens is 260 g/mol. The standard InChI is InChI=1S/C14H20N2O4/c1-2-19-14(18)10-20-12-5-3-11(4-6-12)7-8-16-13(17)9-15/h3-6H,2,7-10,15H2,1H3,(H,16,17). The number of hydrogen-bond donors (Lipinski definition) is 2. The fourth-order valence-corrected chi connectivity index (χ4v) is 1.52. The minimum Gasteiger partial charge on any atom is -0.482 e. The van der Waals surface area contributed by atoms with Crippen LogP contribution in [-0.2, 0) is 20.7 Å². The second kappa shape index (κ2) is 8.92. The Kier molecular flexibility index (Phi) is 7.13. The number of esters is 1. The molecule has 1 rings (SSSR count). The highest BCUT2D eigenvalue weighted by molar-refractivity contribution is 5.77. The van der Waals surface area contributed by atoms with Crippen LogP contribution < -0.4 is 15.8 Å². The molecule has 110 valence electrons. The van der Waals surface area contributed by atoms with E-state index < -0.39 is 0 Å². The number of rotatable bonds is 8. The van der Waals surface area contributed by atoms with E-state index in [9.17, 15) is 9.59 Å². The van der Waals surface area contributed by atoms with Crippen molar-refractivity contribution in [1.29, 1.82) is 0 Å². The molecule has 0 fully saturated rings. The predicted molar refractivity (Wildman–Crippen MR) is 74.3 cm³/mol. The highest BCUT2D eigenvalue weighted by atomic mass is 16.6. The van der Waals surface area contributed by atoms with Gasteiger partial charge in [0.25, 0.3) is 0 Å². The molecule has 0 saturated carbocycles. The van der Waals surface area contributed by atoms with Gasteiger partial charge in [-0.25, -0.2) is 4.79 Å². The zero-order valence-corrected chi connectivity index (χ0v) is 11.6. The van der Waals surface area contributed by atoms with Crippen LogP contribution in [0.1, 0.15) is 12.5 Å². The summed E-state index contributed by atoms with van der Waals surface area (Å²) in [6.07, 6.45) is 0.712. The summed E-state index contributed by atoms with van der Waals surface area (Å²) < 4.78 is 10.0. The van der Waals surface area contributed by atoms with Crippen LogP contribution in [0, 0.1) is 0 Å². The molecule has 1 aromatic carbocycles. The molecule has 0 heterocycles. The number of carbonyl (C=O) groups is 2. The molecule has 0 aliphatic rings. The van der Waals surface area contributed by atoms with E-state index in [-0.39, 0.29) is 25.0 Å². The number of carbonyl (C=O) groups excluding carboxylic acids is 2. The molecule has 0 saturated heterocycles. The average Bonchev–Trinajstić information content (AvgIpc) is 2.46. The zero-order valence-electron chi connectivity index (χ0n) is 11.6. The molecule has 1 aromatic rings. The summed E-state index contributed by atoms with van der Waals surface area (Å²) >= 11 is 0. The third-order valence-corrected chi connectivity index (χ3v) is 2.51. The van der Waals surface area contributed by atoms with Crippen LogP contribution >= 0.6 is 0 Å². The largest absolute Gasteiger partial charge is 0.482 e. The van der Waals surface area contributed by atoms with Crippen molar-refractivity contribution in [1.82, 2.24) is 5.32 Å². The first kappa shape index (κ1) is 16.0. The number of nitrogens with two attached hydrogens (primary N) is 1. The predicted octanol–water partition coefficient (Wildman–Crippen LogP) is 0.246. The van der Waals surface area contributed by atoms with Gasteiger partial charge in [-0.3, -0.25) is 4.79 Å². The van der Waals surface area contributed by atoms with Gasteiger partial charge in [-0.05, 0) is 31.0 Å². The van der Waals surface area contributed by atoms with E-state index in [1.54, 1.807) is 19.1 Å². The molecule has 0 aliphatic heterocycles. The summed E-state index contributed by atoms with van der Waals surface area (Å²) in [5.74, 6) is 0.0493. The van der Waals surface area contributed by atoms with Crippen LogP contribution in [0.25, 0.3) is 0 Å². The van der Waals surface area contributed by atoms with Crippen molar-refractivity contribution >= 4 is 11.9 Å². The van der Waals surface area contributed by atoms with E-state index in [2.05, 4.69) is 5.32 Å². The lowest BCUT2D eigenvalue weighted by Crippen LogP contribution is -2.31. The van der Waals surface area contributed by atoms with E-state index >= 15 is 0 Å². The van der Waals surface area contributed by atoms with Gasteiger partial charge in [0.1, 0.15) is 5.75 Å². The molecule has 20 heavy (non-hydrogen) atoms. The molecule has 3 N–H and O–H groups in total. The van der Waals surface area contributed by atoms with E-state index in [1.807, 2.05) is 12.1 Å². The minimum atomic E-state index is -0.388. The molecule has 6 heteroatoms. The number of amides is 1. The van der Waals surface area contributed by atoms with Crippen LogP contribution in [0.2, 0.25) is 0 Å². The Bertz CT molecular complexity index is 431. The molecule has 6 nitrogen and oxygen atoms in total. The van der Waals surface area contributed by atoms with E-state index in [1.165, 1.54) is 0 Å². The lowest BCUT2D eigenvalue weighted by molar-refractivity contribution is -0.145. The third kappa shape index (κ3) is 6.19. The fourth-order valence-electron chi connectivity index (χ4n) is 1.52. The van der Waals surface area contributed by atoms with E-state index in [0.717, 1.165) is 5.56 Å². The molecular formula is C14H20N2O4. The van der Waals surface area contributed by atoms with E-state index in [0.29, 0.717) is 25.3 Å². The third-order valence-electron chi connectivity index (χ3n) is 2.51. The van der Waals surface area contributed by atoms with Crippen molar-refractivity contribution in [2.24, 2.45) is 5.73 Å². The van der Waals surface area contributed by atoms with E-state index in [4.69, 9.17) is 15.2 Å². The van der Waals surface area contributed by atoms with Crippen molar-refractivity contribution in [3.8, 4) is 5.75 Å². The Morgan fingerprint density at radius 1 is 1.25 bits per heavy atom. The number of ether oxygens (including phenoxy) is 2. The second-order valence-corrected chi connectivity index (χ2v) is 4.04. The lowest BCUT2D eigenvalue weighted by Gasteiger charge is -2.07.